The summed E-state index contributed by atoms with van der Waals surface area (Å²) in [7, 11) is 6.45. The van der Waals surface area contributed by atoms with Crippen LogP contribution in [0.2, 0.25) is 0 Å². The average Bonchev–Trinajstić information content (AvgIpc) is 3.57. The number of benzene rings is 2. The highest BCUT2D eigenvalue weighted by Gasteiger charge is 2.54. The molecule has 3 heterocycles. The van der Waals surface area contributed by atoms with E-state index in [9.17, 15) is 9.59 Å². The van der Waals surface area contributed by atoms with E-state index in [0.717, 1.165) is 16.7 Å². The molecule has 3 aliphatic rings. The van der Waals surface area contributed by atoms with Crippen LogP contribution in [0.4, 0.5) is 0 Å². The van der Waals surface area contributed by atoms with E-state index in [2.05, 4.69) is 0 Å². The SMILES string of the molecule is COc1cc([C@@H]2c3cc4c(cc3[C@@H](OC(=O)c3ccc[n+](C)c3)[C@H]3COC(=O)[C@H]23)OCO4)cc(OC)c1OC. The third kappa shape index (κ3) is 4.07. The monoisotopic (exact) mass is 534 g/mol. The van der Waals surface area contributed by atoms with E-state index in [1.807, 2.05) is 37.5 Å². The van der Waals surface area contributed by atoms with Crippen LogP contribution in [0.15, 0.2) is 48.8 Å². The van der Waals surface area contributed by atoms with Gasteiger partial charge in [-0.1, -0.05) is 0 Å². The Balaban J connectivity index is 1.52. The average molecular weight is 535 g/mol. The van der Waals surface area contributed by atoms with E-state index >= 15 is 0 Å². The van der Waals surface area contributed by atoms with Crippen molar-refractivity contribution in [2.45, 2.75) is 12.0 Å². The van der Waals surface area contributed by atoms with Crippen LogP contribution in [0.25, 0.3) is 0 Å². The lowest BCUT2D eigenvalue weighted by molar-refractivity contribution is -0.671. The van der Waals surface area contributed by atoms with Gasteiger partial charge in [-0.3, -0.25) is 4.79 Å². The maximum Gasteiger partial charge on any atom is 0.344 e. The van der Waals surface area contributed by atoms with Gasteiger partial charge < -0.3 is 33.2 Å². The van der Waals surface area contributed by atoms with Crippen molar-refractivity contribution in [1.82, 2.24) is 0 Å². The quantitative estimate of drug-likeness (QED) is 0.349. The summed E-state index contributed by atoms with van der Waals surface area (Å²) in [5.74, 6) is 0.0701. The fraction of sp³-hybridized carbons (Fsp3) is 0.345. The molecule has 0 saturated carbocycles. The maximum atomic E-state index is 13.3. The zero-order chi connectivity index (χ0) is 27.3. The lowest BCUT2D eigenvalue weighted by Crippen LogP contribution is -2.37. The molecule has 39 heavy (non-hydrogen) atoms. The van der Waals surface area contributed by atoms with Crippen molar-refractivity contribution in [2.75, 3.05) is 34.7 Å². The number of cyclic esters (lactones) is 1. The van der Waals surface area contributed by atoms with Crippen molar-refractivity contribution in [3.63, 3.8) is 0 Å². The fourth-order valence-corrected chi connectivity index (χ4v) is 5.84. The predicted octanol–water partition coefficient (Wildman–Crippen LogP) is 3.10. The highest BCUT2D eigenvalue weighted by Crippen LogP contribution is 2.56. The lowest BCUT2D eigenvalue weighted by atomic mass is 9.66. The molecule has 1 saturated heterocycles. The summed E-state index contributed by atoms with van der Waals surface area (Å²) in [6, 6.07) is 10.8. The fourth-order valence-electron chi connectivity index (χ4n) is 5.84. The van der Waals surface area contributed by atoms with Gasteiger partial charge in [-0.25, -0.2) is 9.36 Å². The van der Waals surface area contributed by atoms with Gasteiger partial charge >= 0.3 is 11.9 Å². The van der Waals surface area contributed by atoms with Crippen molar-refractivity contribution in [2.24, 2.45) is 18.9 Å². The Morgan fingerprint density at radius 2 is 1.64 bits per heavy atom. The Kier molecular flexibility index (Phi) is 6.17. The first-order valence-electron chi connectivity index (χ1n) is 12.5. The largest absolute Gasteiger partial charge is 0.493 e. The summed E-state index contributed by atoms with van der Waals surface area (Å²) < 4.78 is 41.6. The predicted molar refractivity (Wildman–Crippen MR) is 134 cm³/mol. The number of nitrogens with zero attached hydrogens (tertiary/aromatic N) is 1. The second-order valence-corrected chi connectivity index (χ2v) is 9.67. The molecule has 10 nitrogen and oxygen atoms in total. The molecule has 1 aromatic heterocycles. The van der Waals surface area contributed by atoms with Crippen LogP contribution >= 0.6 is 0 Å². The van der Waals surface area contributed by atoms with Crippen LogP contribution in [-0.4, -0.2) is 46.7 Å². The molecule has 2 aliphatic heterocycles. The van der Waals surface area contributed by atoms with Crippen LogP contribution < -0.4 is 28.3 Å². The third-order valence-electron chi connectivity index (χ3n) is 7.57. The summed E-state index contributed by atoms with van der Waals surface area (Å²) in [6.07, 6.45) is 2.77. The number of aryl methyl sites for hydroxylation is 1. The molecular weight excluding hydrogens is 506 g/mol. The molecule has 10 heteroatoms. The van der Waals surface area contributed by atoms with Gasteiger partial charge in [0.25, 0.3) is 0 Å². The standard InChI is InChI=1S/C29H28NO9/c1-30-7-5-6-15(12-30)28(31)39-26-18-11-21-20(37-14-38-21)10-17(18)24(25-19(26)13-36-29(25)32)16-8-22(33-2)27(35-4)23(9-16)34-3/h5-12,19,24-26H,13-14H2,1-4H3/q+1/t19-,24+,25-,26+/m0/s1. The van der Waals surface area contributed by atoms with Crippen LogP contribution in [-0.2, 0) is 21.3 Å². The summed E-state index contributed by atoms with van der Waals surface area (Å²) in [4.78, 5) is 26.6. The molecule has 0 spiro atoms. The van der Waals surface area contributed by atoms with Gasteiger partial charge in [0.1, 0.15) is 18.7 Å². The van der Waals surface area contributed by atoms with Gasteiger partial charge in [0, 0.05) is 23.5 Å². The van der Waals surface area contributed by atoms with Crippen molar-refractivity contribution in [1.29, 1.82) is 0 Å². The number of carbonyl (C=O) groups is 2. The van der Waals surface area contributed by atoms with E-state index < -0.39 is 29.8 Å². The van der Waals surface area contributed by atoms with E-state index in [1.54, 1.807) is 37.1 Å². The number of hydrogen-bond acceptors (Lipinski definition) is 9. The molecule has 1 aliphatic carbocycles. The highest BCUT2D eigenvalue weighted by atomic mass is 16.7. The van der Waals surface area contributed by atoms with Crippen molar-refractivity contribution in [3.05, 3.63) is 71.0 Å². The summed E-state index contributed by atoms with van der Waals surface area (Å²) in [5.41, 5.74) is 2.66. The smallest absolute Gasteiger partial charge is 0.344 e. The number of aromatic nitrogens is 1. The zero-order valence-corrected chi connectivity index (χ0v) is 22.0. The second-order valence-electron chi connectivity index (χ2n) is 9.67. The van der Waals surface area contributed by atoms with Gasteiger partial charge in [-0.15, -0.1) is 0 Å². The Labute approximate surface area is 224 Å². The number of ether oxygens (including phenoxy) is 7. The number of pyridine rings is 1. The molecule has 6 rings (SSSR count). The summed E-state index contributed by atoms with van der Waals surface area (Å²) in [5, 5.41) is 0. The molecule has 0 bridgehead atoms. The number of esters is 2. The van der Waals surface area contributed by atoms with Gasteiger partial charge in [0.15, 0.2) is 35.4 Å². The van der Waals surface area contributed by atoms with E-state index in [-0.39, 0.29) is 19.4 Å². The molecule has 0 unspecified atom stereocenters. The minimum Gasteiger partial charge on any atom is -0.493 e. The Bertz CT molecular complexity index is 1440. The minimum absolute atomic E-state index is 0.0763. The Morgan fingerprint density at radius 1 is 0.949 bits per heavy atom. The maximum absolute atomic E-state index is 13.3. The zero-order valence-electron chi connectivity index (χ0n) is 22.0. The first-order valence-corrected chi connectivity index (χ1v) is 12.5. The molecule has 1 fully saturated rings. The van der Waals surface area contributed by atoms with Crippen molar-refractivity contribution in [3.8, 4) is 28.7 Å². The molecule has 4 atom stereocenters. The number of hydrogen-bond donors (Lipinski definition) is 0. The van der Waals surface area contributed by atoms with Gasteiger partial charge in [-0.05, 0) is 41.5 Å². The Morgan fingerprint density at radius 3 is 2.28 bits per heavy atom. The van der Waals surface area contributed by atoms with E-state index in [4.69, 9.17) is 33.2 Å². The Hall–Kier alpha value is -4.47. The van der Waals surface area contributed by atoms with Crippen LogP contribution in [0.1, 0.15) is 39.1 Å². The molecule has 3 aromatic rings. The summed E-state index contributed by atoms with van der Waals surface area (Å²) in [6.45, 7) is 0.186. The normalized spacial score (nSPS) is 22.4. The number of fused-ring (bicyclic) bond motifs is 3. The lowest BCUT2D eigenvalue weighted by Gasteiger charge is -2.38. The van der Waals surface area contributed by atoms with Gasteiger partial charge in [-0.2, -0.15) is 0 Å². The molecule has 0 radical (unpaired) electrons. The van der Waals surface area contributed by atoms with Crippen LogP contribution in [0, 0.1) is 11.8 Å². The molecule has 0 amide bonds. The summed E-state index contributed by atoms with van der Waals surface area (Å²) >= 11 is 0. The van der Waals surface area contributed by atoms with Crippen LogP contribution in [0.3, 0.4) is 0 Å². The third-order valence-corrected chi connectivity index (χ3v) is 7.57. The first-order chi connectivity index (χ1) is 18.9. The first kappa shape index (κ1) is 24.8. The molecule has 2 aromatic carbocycles. The highest BCUT2D eigenvalue weighted by molar-refractivity contribution is 5.89. The van der Waals surface area contributed by atoms with Gasteiger partial charge in [0.05, 0.1) is 33.9 Å². The number of rotatable bonds is 6. The van der Waals surface area contributed by atoms with E-state index in [0.29, 0.717) is 34.3 Å². The van der Waals surface area contributed by atoms with Crippen molar-refractivity contribution >= 4 is 11.9 Å². The molecule has 0 N–H and O–H groups in total. The van der Waals surface area contributed by atoms with Crippen molar-refractivity contribution < 1.29 is 47.3 Å². The number of methoxy groups -OCH3 is 3. The number of carbonyl (C=O) groups excluding carboxylic acids is 2. The van der Waals surface area contributed by atoms with Crippen LogP contribution in [0.5, 0.6) is 28.7 Å². The van der Waals surface area contributed by atoms with Gasteiger partial charge in [0.2, 0.25) is 12.5 Å². The second kappa shape index (κ2) is 9.68. The molecule has 202 valence electrons. The van der Waals surface area contributed by atoms with E-state index in [1.165, 1.54) is 7.11 Å². The minimum atomic E-state index is -0.748. The molecular formula is C29H28NO9+. The topological polar surface area (TPSA) is 103 Å².